The maximum absolute atomic E-state index is 9.17. The van der Waals surface area contributed by atoms with E-state index >= 15 is 0 Å². The van der Waals surface area contributed by atoms with Crippen LogP contribution in [0.3, 0.4) is 0 Å². The van der Waals surface area contributed by atoms with Crippen LogP contribution in [0.2, 0.25) is 0 Å². The first-order valence-electron chi connectivity index (χ1n) is 5.19. The minimum Gasteiger partial charge on any atom is -0.455 e. The molecule has 0 unspecified atom stereocenters. The fourth-order valence-corrected chi connectivity index (χ4v) is 1.81. The molecule has 88 valence electrons. The Morgan fingerprint density at radius 2 is 2.00 bits per heavy atom. The highest BCUT2D eigenvalue weighted by Gasteiger charge is 2.03. The van der Waals surface area contributed by atoms with E-state index in [9.17, 15) is 0 Å². The molecule has 0 aliphatic carbocycles. The average molecular weight is 247 g/mol. The van der Waals surface area contributed by atoms with E-state index in [4.69, 9.17) is 9.84 Å². The number of ether oxygens (including phenoxy) is 1. The third-order valence-electron chi connectivity index (χ3n) is 2.33. The SMILES string of the molecule is CSc1ccc(Oc2cnccc2CO)cc1. The molecule has 1 N–H and O–H groups in total. The number of nitrogens with zero attached hydrogens (tertiary/aromatic N) is 1. The van der Waals surface area contributed by atoms with Crippen molar-refractivity contribution >= 4 is 11.8 Å². The molecule has 17 heavy (non-hydrogen) atoms. The quantitative estimate of drug-likeness (QED) is 0.843. The zero-order valence-electron chi connectivity index (χ0n) is 9.46. The first-order valence-corrected chi connectivity index (χ1v) is 6.41. The first-order chi connectivity index (χ1) is 8.33. The Morgan fingerprint density at radius 3 is 2.65 bits per heavy atom. The van der Waals surface area contributed by atoms with Crippen LogP contribution >= 0.6 is 11.8 Å². The lowest BCUT2D eigenvalue weighted by Crippen LogP contribution is -1.92. The van der Waals surface area contributed by atoms with Crippen LogP contribution in [0.4, 0.5) is 0 Å². The molecule has 0 aliphatic heterocycles. The maximum atomic E-state index is 9.17. The molecule has 0 saturated carbocycles. The van der Waals surface area contributed by atoms with E-state index in [0.717, 1.165) is 11.3 Å². The monoisotopic (exact) mass is 247 g/mol. The molecule has 1 aromatic carbocycles. The molecule has 0 radical (unpaired) electrons. The summed E-state index contributed by atoms with van der Waals surface area (Å²) in [5, 5.41) is 9.17. The molecule has 0 aliphatic rings. The van der Waals surface area contributed by atoms with E-state index in [1.54, 1.807) is 30.2 Å². The summed E-state index contributed by atoms with van der Waals surface area (Å²) in [6, 6.07) is 9.54. The van der Waals surface area contributed by atoms with Gasteiger partial charge in [0.1, 0.15) is 5.75 Å². The normalized spacial score (nSPS) is 10.2. The fourth-order valence-electron chi connectivity index (χ4n) is 1.40. The van der Waals surface area contributed by atoms with E-state index in [1.807, 2.05) is 30.5 Å². The molecule has 0 bridgehead atoms. The van der Waals surface area contributed by atoms with Gasteiger partial charge in [-0.25, -0.2) is 0 Å². The van der Waals surface area contributed by atoms with Crippen LogP contribution in [0.15, 0.2) is 47.6 Å². The smallest absolute Gasteiger partial charge is 0.151 e. The molecule has 1 heterocycles. The van der Waals surface area contributed by atoms with Crippen molar-refractivity contribution in [2.45, 2.75) is 11.5 Å². The molecule has 2 rings (SSSR count). The topological polar surface area (TPSA) is 42.4 Å². The minimum absolute atomic E-state index is 0.0548. The number of aliphatic hydroxyl groups is 1. The Bertz CT molecular complexity index is 485. The van der Waals surface area contributed by atoms with Crippen LogP contribution in [0.25, 0.3) is 0 Å². The van der Waals surface area contributed by atoms with Gasteiger partial charge in [-0.2, -0.15) is 0 Å². The Kier molecular flexibility index (Phi) is 4.01. The predicted octanol–water partition coefficient (Wildman–Crippen LogP) is 3.09. The van der Waals surface area contributed by atoms with Crippen LogP contribution in [0.1, 0.15) is 5.56 Å². The predicted molar refractivity (Wildman–Crippen MR) is 68.5 cm³/mol. The largest absolute Gasteiger partial charge is 0.455 e. The molecule has 0 amide bonds. The number of aliphatic hydroxyl groups excluding tert-OH is 1. The molecule has 3 nitrogen and oxygen atoms in total. The number of benzene rings is 1. The van der Waals surface area contributed by atoms with E-state index < -0.39 is 0 Å². The zero-order chi connectivity index (χ0) is 12.1. The summed E-state index contributed by atoms with van der Waals surface area (Å²) in [6.45, 7) is -0.0548. The molecular weight excluding hydrogens is 234 g/mol. The molecule has 4 heteroatoms. The van der Waals surface area contributed by atoms with Crippen molar-refractivity contribution in [2.75, 3.05) is 6.26 Å². The minimum atomic E-state index is -0.0548. The highest BCUT2D eigenvalue weighted by atomic mass is 32.2. The Morgan fingerprint density at radius 1 is 1.24 bits per heavy atom. The lowest BCUT2D eigenvalue weighted by atomic mass is 10.2. The summed E-state index contributed by atoms with van der Waals surface area (Å²) in [5.74, 6) is 1.33. The number of aromatic nitrogens is 1. The molecule has 0 spiro atoms. The van der Waals surface area contributed by atoms with Crippen molar-refractivity contribution in [3.63, 3.8) is 0 Å². The summed E-state index contributed by atoms with van der Waals surface area (Å²) < 4.78 is 5.67. The number of hydrogen-bond donors (Lipinski definition) is 1. The van der Waals surface area contributed by atoms with Gasteiger partial charge < -0.3 is 9.84 Å². The second-order valence-corrected chi connectivity index (χ2v) is 4.30. The van der Waals surface area contributed by atoms with Gasteiger partial charge in [-0.3, -0.25) is 4.98 Å². The van der Waals surface area contributed by atoms with Gasteiger partial charge in [0.05, 0.1) is 12.8 Å². The van der Waals surface area contributed by atoms with Gasteiger partial charge in [-0.15, -0.1) is 11.8 Å². The highest BCUT2D eigenvalue weighted by molar-refractivity contribution is 7.98. The van der Waals surface area contributed by atoms with Crippen molar-refractivity contribution < 1.29 is 9.84 Å². The van der Waals surface area contributed by atoms with E-state index in [0.29, 0.717) is 5.75 Å². The van der Waals surface area contributed by atoms with Crippen LogP contribution in [-0.4, -0.2) is 16.3 Å². The number of rotatable bonds is 4. The second kappa shape index (κ2) is 5.70. The van der Waals surface area contributed by atoms with Crippen molar-refractivity contribution in [1.82, 2.24) is 4.98 Å². The van der Waals surface area contributed by atoms with Crippen molar-refractivity contribution in [3.8, 4) is 11.5 Å². The van der Waals surface area contributed by atoms with E-state index in [-0.39, 0.29) is 6.61 Å². The summed E-state index contributed by atoms with van der Waals surface area (Å²) >= 11 is 1.68. The highest BCUT2D eigenvalue weighted by Crippen LogP contribution is 2.26. The van der Waals surface area contributed by atoms with Crippen molar-refractivity contribution in [3.05, 3.63) is 48.3 Å². The van der Waals surface area contributed by atoms with Crippen LogP contribution in [0.5, 0.6) is 11.5 Å². The summed E-state index contributed by atoms with van der Waals surface area (Å²) in [6.07, 6.45) is 5.27. The molecular formula is C13H13NO2S. The van der Waals surface area contributed by atoms with Gasteiger partial charge in [-0.05, 0) is 36.6 Å². The van der Waals surface area contributed by atoms with Gasteiger partial charge in [0.15, 0.2) is 5.75 Å². The molecule has 2 aromatic rings. The van der Waals surface area contributed by atoms with Gasteiger partial charge in [0.25, 0.3) is 0 Å². The molecule has 0 fully saturated rings. The Labute approximate surface area is 104 Å². The van der Waals surface area contributed by atoms with E-state index in [2.05, 4.69) is 4.98 Å². The number of hydrogen-bond acceptors (Lipinski definition) is 4. The number of thioether (sulfide) groups is 1. The first kappa shape index (κ1) is 12.0. The van der Waals surface area contributed by atoms with Gasteiger partial charge in [0.2, 0.25) is 0 Å². The van der Waals surface area contributed by atoms with Gasteiger partial charge in [-0.1, -0.05) is 0 Å². The standard InChI is InChI=1S/C13H13NO2S/c1-17-12-4-2-11(3-5-12)16-13-8-14-7-6-10(13)9-15/h2-8,15H,9H2,1H3. The maximum Gasteiger partial charge on any atom is 0.151 e. The molecule has 0 saturated heterocycles. The third kappa shape index (κ3) is 2.99. The van der Waals surface area contributed by atoms with Crippen molar-refractivity contribution in [1.29, 1.82) is 0 Å². The molecule has 1 aromatic heterocycles. The average Bonchev–Trinajstić information content (AvgIpc) is 2.40. The summed E-state index contributed by atoms with van der Waals surface area (Å²) in [5.41, 5.74) is 0.731. The zero-order valence-corrected chi connectivity index (χ0v) is 10.3. The lowest BCUT2D eigenvalue weighted by Gasteiger charge is -2.09. The lowest BCUT2D eigenvalue weighted by molar-refractivity contribution is 0.276. The summed E-state index contributed by atoms with van der Waals surface area (Å²) in [4.78, 5) is 5.17. The van der Waals surface area contributed by atoms with Crippen LogP contribution in [0, 0.1) is 0 Å². The molecule has 0 atom stereocenters. The van der Waals surface area contributed by atoms with Gasteiger partial charge >= 0.3 is 0 Å². The number of pyridine rings is 1. The van der Waals surface area contributed by atoms with Crippen molar-refractivity contribution in [2.24, 2.45) is 0 Å². The van der Waals surface area contributed by atoms with Crippen LogP contribution in [-0.2, 0) is 6.61 Å². The van der Waals surface area contributed by atoms with Gasteiger partial charge in [0, 0.05) is 16.7 Å². The fraction of sp³-hybridized carbons (Fsp3) is 0.154. The van der Waals surface area contributed by atoms with Crippen LogP contribution < -0.4 is 4.74 Å². The Balaban J connectivity index is 2.19. The Hall–Kier alpha value is -1.52. The summed E-state index contributed by atoms with van der Waals surface area (Å²) in [7, 11) is 0. The second-order valence-electron chi connectivity index (χ2n) is 3.42. The van der Waals surface area contributed by atoms with E-state index in [1.165, 1.54) is 4.90 Å². The third-order valence-corrected chi connectivity index (χ3v) is 3.07.